The van der Waals surface area contributed by atoms with Crippen LogP contribution in [0.4, 0.5) is 4.79 Å². The van der Waals surface area contributed by atoms with Gasteiger partial charge in [-0.2, -0.15) is 12.6 Å². The number of carbonyl (C=O) groups is 5. The van der Waals surface area contributed by atoms with Crippen molar-refractivity contribution in [1.82, 2.24) is 21.3 Å². The summed E-state index contributed by atoms with van der Waals surface area (Å²) in [5.41, 5.74) is -0.0598. The molecule has 0 radical (unpaired) electrons. The Morgan fingerprint density at radius 3 is 2.29 bits per heavy atom. The van der Waals surface area contributed by atoms with Gasteiger partial charge in [-0.25, -0.2) is 4.79 Å². The summed E-state index contributed by atoms with van der Waals surface area (Å²) in [6.45, 7) is 4.15. The molecule has 1 aliphatic rings. The predicted octanol–water partition coefficient (Wildman–Crippen LogP) is 2.71. The number of hydrogen-bond acceptors (Lipinski definition) is 7. The normalized spacial score (nSPS) is 15.4. The number of carboxylic acids is 1. The molecule has 228 valence electrons. The summed E-state index contributed by atoms with van der Waals surface area (Å²) >= 11 is 10.4. The van der Waals surface area contributed by atoms with Gasteiger partial charge in [0, 0.05) is 30.3 Å². The van der Waals surface area contributed by atoms with Crippen molar-refractivity contribution < 1.29 is 33.8 Å². The Balaban J connectivity index is 1.99. The maximum absolute atomic E-state index is 13.4. The Morgan fingerprint density at radius 1 is 1.02 bits per heavy atom. The molecule has 1 aromatic rings. The molecule has 2 atom stereocenters. The molecule has 0 heterocycles. The molecule has 5 N–H and O–H groups in total. The number of alkyl carbamates (subject to hydrolysis) is 1. The van der Waals surface area contributed by atoms with Crippen LogP contribution in [-0.2, 0) is 30.3 Å². The molecule has 0 spiro atoms. The summed E-state index contributed by atoms with van der Waals surface area (Å²) in [4.78, 5) is 62.5. The summed E-state index contributed by atoms with van der Waals surface area (Å²) in [6, 6.07) is 5.31. The van der Waals surface area contributed by atoms with Crippen molar-refractivity contribution in [2.75, 3.05) is 25.4 Å². The van der Waals surface area contributed by atoms with E-state index < -0.39 is 35.5 Å². The van der Waals surface area contributed by atoms with E-state index in [2.05, 4.69) is 33.9 Å². The molecule has 41 heavy (non-hydrogen) atoms. The highest BCUT2D eigenvalue weighted by atomic mass is 35.5. The second-order valence-electron chi connectivity index (χ2n) is 10.7. The van der Waals surface area contributed by atoms with Crippen molar-refractivity contribution in [3.05, 3.63) is 34.9 Å². The first-order valence-electron chi connectivity index (χ1n) is 13.8. The van der Waals surface area contributed by atoms with E-state index in [9.17, 15) is 24.0 Å². The van der Waals surface area contributed by atoms with Crippen LogP contribution in [-0.4, -0.2) is 72.4 Å². The first-order valence-corrected chi connectivity index (χ1v) is 14.8. The third-order valence-electron chi connectivity index (χ3n) is 6.90. The lowest BCUT2D eigenvalue weighted by Gasteiger charge is -2.30. The van der Waals surface area contributed by atoms with Gasteiger partial charge >= 0.3 is 12.1 Å². The molecule has 2 rings (SSSR count). The van der Waals surface area contributed by atoms with Gasteiger partial charge < -0.3 is 31.1 Å². The van der Waals surface area contributed by atoms with Crippen LogP contribution in [0.2, 0.25) is 5.02 Å². The van der Waals surface area contributed by atoms with Crippen LogP contribution in [0, 0.1) is 11.3 Å². The third-order valence-corrected chi connectivity index (χ3v) is 7.64. The lowest BCUT2D eigenvalue weighted by Crippen LogP contribution is -2.56. The number of aliphatic carboxylic acids is 1. The molecule has 0 saturated heterocycles. The number of halogens is 1. The average molecular weight is 613 g/mol. The number of thiol groups is 1. The fourth-order valence-electron chi connectivity index (χ4n) is 4.53. The largest absolute Gasteiger partial charge is 0.481 e. The van der Waals surface area contributed by atoms with Crippen LogP contribution in [0.15, 0.2) is 24.3 Å². The molecule has 4 amide bonds. The summed E-state index contributed by atoms with van der Waals surface area (Å²) in [7, 11) is 0. The standard InChI is InChI=1S/C28H41ClN4O7S/c1-18(2)15-40-27(39)33-21(9-10-23(34)35)24(36)31-17-28(12-5-6-13-28)26(38)32-22(16-41)25(37)30-14-11-19-7-3-4-8-20(19)29/h3-4,7-8,18,21-22,41H,5-6,9-17H2,1-2H3,(H,30,37)(H,31,36)(H,32,38)(H,33,39)(H,34,35). The first-order chi connectivity index (χ1) is 19.5. The Kier molecular flexibility index (Phi) is 14.3. The van der Waals surface area contributed by atoms with Gasteiger partial charge in [-0.05, 0) is 43.2 Å². The number of ether oxygens (including phenoxy) is 1. The van der Waals surface area contributed by atoms with Crippen molar-refractivity contribution in [1.29, 1.82) is 0 Å². The third kappa shape index (κ3) is 11.4. The van der Waals surface area contributed by atoms with Gasteiger partial charge in [-0.1, -0.05) is 56.5 Å². The van der Waals surface area contributed by atoms with Crippen molar-refractivity contribution in [3.8, 4) is 0 Å². The van der Waals surface area contributed by atoms with Gasteiger partial charge in [0.2, 0.25) is 17.7 Å². The maximum atomic E-state index is 13.4. The van der Waals surface area contributed by atoms with E-state index in [1.165, 1.54) is 0 Å². The highest BCUT2D eigenvalue weighted by Gasteiger charge is 2.43. The Bertz CT molecular complexity index is 1070. The van der Waals surface area contributed by atoms with Crippen molar-refractivity contribution in [3.63, 3.8) is 0 Å². The number of amides is 4. The molecule has 0 aliphatic heterocycles. The lowest BCUT2D eigenvalue weighted by atomic mass is 9.84. The Hall–Kier alpha value is -2.99. The molecule has 2 unspecified atom stereocenters. The number of hydrogen-bond donors (Lipinski definition) is 6. The SMILES string of the molecule is CC(C)COC(=O)NC(CCC(=O)O)C(=O)NCC1(C(=O)NC(CS)C(=O)NCCc2ccccc2Cl)CCCC1. The fourth-order valence-corrected chi connectivity index (χ4v) is 5.02. The van der Waals surface area contributed by atoms with Crippen LogP contribution < -0.4 is 21.3 Å². The van der Waals surface area contributed by atoms with Gasteiger partial charge in [0.05, 0.1) is 12.0 Å². The minimum absolute atomic E-state index is 0.0304. The van der Waals surface area contributed by atoms with Crippen LogP contribution in [0.1, 0.15) is 57.9 Å². The monoisotopic (exact) mass is 612 g/mol. The maximum Gasteiger partial charge on any atom is 0.407 e. The molecule has 13 heteroatoms. The Labute approximate surface area is 251 Å². The van der Waals surface area contributed by atoms with Crippen LogP contribution in [0.3, 0.4) is 0 Å². The van der Waals surface area contributed by atoms with Crippen molar-refractivity contribution >= 4 is 54.0 Å². The highest BCUT2D eigenvalue weighted by molar-refractivity contribution is 7.80. The number of nitrogens with one attached hydrogen (secondary N) is 4. The molecule has 0 aromatic heterocycles. The van der Waals surface area contributed by atoms with E-state index in [-0.39, 0.29) is 49.5 Å². The molecule has 1 aliphatic carbocycles. The van der Waals surface area contributed by atoms with Gasteiger partial charge in [0.25, 0.3) is 0 Å². The lowest BCUT2D eigenvalue weighted by molar-refractivity contribution is -0.137. The minimum atomic E-state index is -1.15. The quantitative estimate of drug-likeness (QED) is 0.156. The fraction of sp³-hybridized carbons (Fsp3) is 0.607. The predicted molar refractivity (Wildman–Crippen MR) is 158 cm³/mol. The van der Waals surface area contributed by atoms with Crippen molar-refractivity contribution in [2.24, 2.45) is 11.3 Å². The van der Waals surface area contributed by atoms with Gasteiger partial charge in [-0.15, -0.1) is 0 Å². The highest BCUT2D eigenvalue weighted by Crippen LogP contribution is 2.38. The van der Waals surface area contributed by atoms with Gasteiger partial charge in [0.15, 0.2) is 0 Å². The number of carbonyl (C=O) groups excluding carboxylic acids is 4. The molecular weight excluding hydrogens is 572 g/mol. The molecule has 11 nitrogen and oxygen atoms in total. The molecule has 1 fully saturated rings. The summed E-state index contributed by atoms with van der Waals surface area (Å²) in [6.07, 6.45) is 1.73. The number of benzene rings is 1. The van der Waals surface area contributed by atoms with Gasteiger partial charge in [0.1, 0.15) is 12.1 Å². The second-order valence-corrected chi connectivity index (χ2v) is 11.4. The average Bonchev–Trinajstić information content (AvgIpc) is 3.42. The van der Waals surface area contributed by atoms with E-state index in [0.29, 0.717) is 30.8 Å². The zero-order chi connectivity index (χ0) is 30.4. The van der Waals surface area contributed by atoms with E-state index >= 15 is 0 Å². The van der Waals surface area contributed by atoms with E-state index in [4.69, 9.17) is 21.4 Å². The minimum Gasteiger partial charge on any atom is -0.481 e. The summed E-state index contributed by atoms with van der Waals surface area (Å²) in [5.74, 6) is -2.33. The molecule has 1 saturated carbocycles. The zero-order valence-electron chi connectivity index (χ0n) is 23.5. The van der Waals surface area contributed by atoms with E-state index in [0.717, 1.165) is 18.4 Å². The second kappa shape index (κ2) is 17.1. The van der Waals surface area contributed by atoms with Crippen LogP contribution in [0.25, 0.3) is 0 Å². The van der Waals surface area contributed by atoms with Crippen LogP contribution in [0.5, 0.6) is 0 Å². The first kappa shape index (κ1) is 34.2. The summed E-state index contributed by atoms with van der Waals surface area (Å²) in [5, 5.41) is 20.4. The zero-order valence-corrected chi connectivity index (χ0v) is 25.2. The summed E-state index contributed by atoms with van der Waals surface area (Å²) < 4.78 is 5.07. The number of carboxylic acid groups (broad SMARTS) is 1. The van der Waals surface area contributed by atoms with E-state index in [1.54, 1.807) is 6.07 Å². The van der Waals surface area contributed by atoms with Gasteiger partial charge in [-0.3, -0.25) is 19.2 Å². The number of rotatable bonds is 16. The topological polar surface area (TPSA) is 163 Å². The molecule has 1 aromatic carbocycles. The van der Waals surface area contributed by atoms with E-state index in [1.807, 2.05) is 32.0 Å². The Morgan fingerprint density at radius 2 is 1.68 bits per heavy atom. The van der Waals surface area contributed by atoms with Crippen LogP contribution >= 0.6 is 24.2 Å². The smallest absolute Gasteiger partial charge is 0.407 e. The molecular formula is C28H41ClN4O7S. The van der Waals surface area contributed by atoms with Crippen molar-refractivity contribution in [2.45, 2.75) is 70.9 Å². The molecule has 0 bridgehead atoms.